The van der Waals surface area contributed by atoms with E-state index >= 15 is 0 Å². The highest BCUT2D eigenvalue weighted by Crippen LogP contribution is 2.30. The van der Waals surface area contributed by atoms with Gasteiger partial charge in [-0.2, -0.15) is 13.2 Å². The molecule has 0 saturated carbocycles. The Morgan fingerprint density at radius 1 is 1.41 bits per heavy atom. The number of urea groups is 1. The SMILES string of the molecule is CC(NC(=O)N1CCC[C@H]1CO)c1ccc(C(F)(F)F)cc1. The van der Waals surface area contributed by atoms with E-state index in [1.807, 2.05) is 0 Å². The summed E-state index contributed by atoms with van der Waals surface area (Å²) in [6.07, 6.45) is -2.76. The predicted molar refractivity (Wildman–Crippen MR) is 75.2 cm³/mol. The maximum absolute atomic E-state index is 12.5. The molecule has 1 heterocycles. The van der Waals surface area contributed by atoms with Gasteiger partial charge in [-0.1, -0.05) is 12.1 Å². The first-order valence-corrected chi connectivity index (χ1v) is 7.18. The molecule has 1 aliphatic rings. The lowest BCUT2D eigenvalue weighted by Gasteiger charge is -2.25. The summed E-state index contributed by atoms with van der Waals surface area (Å²) in [4.78, 5) is 13.7. The van der Waals surface area contributed by atoms with Crippen molar-refractivity contribution in [1.29, 1.82) is 0 Å². The van der Waals surface area contributed by atoms with Crippen molar-refractivity contribution in [2.24, 2.45) is 0 Å². The number of rotatable bonds is 3. The Morgan fingerprint density at radius 3 is 2.59 bits per heavy atom. The lowest BCUT2D eigenvalue weighted by molar-refractivity contribution is -0.137. The zero-order valence-corrected chi connectivity index (χ0v) is 12.2. The van der Waals surface area contributed by atoms with E-state index in [0.717, 1.165) is 25.0 Å². The zero-order chi connectivity index (χ0) is 16.3. The third kappa shape index (κ3) is 3.71. The molecule has 1 aromatic rings. The molecule has 4 nitrogen and oxygen atoms in total. The Labute approximate surface area is 126 Å². The molecular formula is C15H19F3N2O2. The van der Waals surface area contributed by atoms with Crippen LogP contribution in [0, 0.1) is 0 Å². The summed E-state index contributed by atoms with van der Waals surface area (Å²) < 4.78 is 37.6. The molecule has 2 atom stereocenters. The number of amides is 2. The molecule has 7 heteroatoms. The van der Waals surface area contributed by atoms with Crippen LogP contribution in [-0.4, -0.2) is 35.2 Å². The average Bonchev–Trinajstić information content (AvgIpc) is 2.95. The van der Waals surface area contributed by atoms with E-state index < -0.39 is 17.8 Å². The van der Waals surface area contributed by atoms with E-state index in [9.17, 15) is 23.1 Å². The second kappa shape index (κ2) is 6.56. The number of likely N-dealkylation sites (tertiary alicyclic amines) is 1. The Bertz CT molecular complexity index is 517. The fourth-order valence-corrected chi connectivity index (χ4v) is 2.61. The van der Waals surface area contributed by atoms with Crippen molar-refractivity contribution in [1.82, 2.24) is 10.2 Å². The fourth-order valence-electron chi connectivity index (χ4n) is 2.61. The zero-order valence-electron chi connectivity index (χ0n) is 12.2. The number of hydrogen-bond donors (Lipinski definition) is 2. The first kappa shape index (κ1) is 16.6. The van der Waals surface area contributed by atoms with Crippen molar-refractivity contribution in [2.45, 2.75) is 38.0 Å². The van der Waals surface area contributed by atoms with Gasteiger partial charge in [-0.3, -0.25) is 0 Å². The van der Waals surface area contributed by atoms with Gasteiger partial charge in [0.25, 0.3) is 0 Å². The highest BCUT2D eigenvalue weighted by Gasteiger charge is 2.31. The summed E-state index contributed by atoms with van der Waals surface area (Å²) in [6, 6.07) is 3.84. The molecule has 1 fully saturated rings. The summed E-state index contributed by atoms with van der Waals surface area (Å²) in [5, 5.41) is 12.0. The largest absolute Gasteiger partial charge is 0.416 e. The Kier molecular flexibility index (Phi) is 4.95. The number of aliphatic hydroxyl groups excluding tert-OH is 1. The molecule has 2 N–H and O–H groups in total. The van der Waals surface area contributed by atoms with E-state index in [2.05, 4.69) is 5.32 Å². The van der Waals surface area contributed by atoms with Crippen LogP contribution >= 0.6 is 0 Å². The van der Waals surface area contributed by atoms with Crippen molar-refractivity contribution in [3.05, 3.63) is 35.4 Å². The molecule has 0 aromatic heterocycles. The number of carbonyl (C=O) groups is 1. The van der Waals surface area contributed by atoms with Gasteiger partial charge in [-0.25, -0.2) is 4.79 Å². The molecule has 0 bridgehead atoms. The first-order valence-electron chi connectivity index (χ1n) is 7.18. The van der Waals surface area contributed by atoms with Crippen LogP contribution in [0.3, 0.4) is 0 Å². The molecule has 0 spiro atoms. The topological polar surface area (TPSA) is 52.6 Å². The van der Waals surface area contributed by atoms with Crippen LogP contribution in [-0.2, 0) is 6.18 Å². The quantitative estimate of drug-likeness (QED) is 0.901. The second-order valence-electron chi connectivity index (χ2n) is 5.46. The molecule has 22 heavy (non-hydrogen) atoms. The van der Waals surface area contributed by atoms with Gasteiger partial charge in [0.1, 0.15) is 0 Å². The Hall–Kier alpha value is -1.76. The van der Waals surface area contributed by atoms with Gasteiger partial charge in [-0.15, -0.1) is 0 Å². The second-order valence-corrected chi connectivity index (χ2v) is 5.46. The number of aliphatic hydroxyl groups is 1. The molecule has 0 aliphatic carbocycles. The highest BCUT2D eigenvalue weighted by atomic mass is 19.4. The van der Waals surface area contributed by atoms with Gasteiger partial charge in [0.15, 0.2) is 0 Å². The third-order valence-electron chi connectivity index (χ3n) is 3.93. The van der Waals surface area contributed by atoms with Gasteiger partial charge < -0.3 is 15.3 Å². The molecule has 2 amide bonds. The van der Waals surface area contributed by atoms with Gasteiger partial charge in [0, 0.05) is 6.54 Å². The van der Waals surface area contributed by atoms with Crippen LogP contribution < -0.4 is 5.32 Å². The number of nitrogens with zero attached hydrogens (tertiary/aromatic N) is 1. The lowest BCUT2D eigenvalue weighted by atomic mass is 10.1. The fraction of sp³-hybridized carbons (Fsp3) is 0.533. The Morgan fingerprint density at radius 2 is 2.05 bits per heavy atom. The average molecular weight is 316 g/mol. The lowest BCUT2D eigenvalue weighted by Crippen LogP contribution is -2.44. The van der Waals surface area contributed by atoms with Crippen LogP contribution in [0.25, 0.3) is 0 Å². The van der Waals surface area contributed by atoms with E-state index in [1.54, 1.807) is 11.8 Å². The van der Waals surface area contributed by atoms with Crippen LogP contribution in [0.2, 0.25) is 0 Å². The molecule has 2 rings (SSSR count). The number of carbonyl (C=O) groups excluding carboxylic acids is 1. The third-order valence-corrected chi connectivity index (χ3v) is 3.93. The minimum atomic E-state index is -4.37. The van der Waals surface area contributed by atoms with E-state index in [1.165, 1.54) is 12.1 Å². The van der Waals surface area contributed by atoms with Crippen molar-refractivity contribution in [2.75, 3.05) is 13.2 Å². The molecule has 1 saturated heterocycles. The molecule has 1 aromatic carbocycles. The summed E-state index contributed by atoms with van der Waals surface area (Å²) in [5.41, 5.74) is -0.115. The predicted octanol–water partition coefficient (Wildman–Crippen LogP) is 2.93. The monoisotopic (exact) mass is 316 g/mol. The number of nitrogens with one attached hydrogen (secondary N) is 1. The van der Waals surface area contributed by atoms with Crippen molar-refractivity contribution < 1.29 is 23.1 Å². The molecule has 0 radical (unpaired) electrons. The van der Waals surface area contributed by atoms with E-state index in [-0.39, 0.29) is 18.7 Å². The maximum Gasteiger partial charge on any atom is 0.416 e. The number of alkyl halides is 3. The van der Waals surface area contributed by atoms with Crippen LogP contribution in [0.1, 0.15) is 36.9 Å². The normalized spacial score (nSPS) is 20.0. The molecule has 122 valence electrons. The number of benzene rings is 1. The van der Waals surface area contributed by atoms with Gasteiger partial charge >= 0.3 is 12.2 Å². The smallest absolute Gasteiger partial charge is 0.394 e. The van der Waals surface area contributed by atoms with Gasteiger partial charge in [-0.05, 0) is 37.5 Å². The van der Waals surface area contributed by atoms with Crippen molar-refractivity contribution in [3.63, 3.8) is 0 Å². The summed E-state index contributed by atoms with van der Waals surface area (Å²) in [7, 11) is 0. The van der Waals surface area contributed by atoms with Gasteiger partial charge in [0.05, 0.1) is 24.3 Å². The summed E-state index contributed by atoms with van der Waals surface area (Å²) in [6.45, 7) is 2.21. The first-order chi connectivity index (χ1) is 10.3. The van der Waals surface area contributed by atoms with Crippen molar-refractivity contribution in [3.8, 4) is 0 Å². The molecule has 1 aliphatic heterocycles. The van der Waals surface area contributed by atoms with Crippen LogP contribution in [0.15, 0.2) is 24.3 Å². The van der Waals surface area contributed by atoms with Crippen molar-refractivity contribution >= 4 is 6.03 Å². The van der Waals surface area contributed by atoms with E-state index in [0.29, 0.717) is 12.1 Å². The Balaban J connectivity index is 2.00. The minimum Gasteiger partial charge on any atom is -0.394 e. The highest BCUT2D eigenvalue weighted by molar-refractivity contribution is 5.75. The molecule has 1 unspecified atom stereocenters. The number of hydrogen-bond acceptors (Lipinski definition) is 2. The van der Waals surface area contributed by atoms with Crippen LogP contribution in [0.5, 0.6) is 0 Å². The maximum atomic E-state index is 12.5. The van der Waals surface area contributed by atoms with Gasteiger partial charge in [0.2, 0.25) is 0 Å². The molecular weight excluding hydrogens is 297 g/mol. The standard InChI is InChI=1S/C15H19F3N2O2/c1-10(11-4-6-12(7-5-11)15(16,17)18)19-14(22)20-8-2-3-13(20)9-21/h4-7,10,13,21H,2-3,8-9H2,1H3,(H,19,22)/t10?,13-/m0/s1. The summed E-state index contributed by atoms with van der Waals surface area (Å²) >= 11 is 0. The summed E-state index contributed by atoms with van der Waals surface area (Å²) in [5.74, 6) is 0. The minimum absolute atomic E-state index is 0.0813. The number of halogens is 3. The van der Waals surface area contributed by atoms with Crippen LogP contribution in [0.4, 0.5) is 18.0 Å². The van der Waals surface area contributed by atoms with E-state index in [4.69, 9.17) is 0 Å².